The first-order valence-corrected chi connectivity index (χ1v) is 50.4. The van der Waals surface area contributed by atoms with Crippen molar-refractivity contribution in [2.45, 2.75) is 141 Å². The summed E-state index contributed by atoms with van der Waals surface area (Å²) >= 11 is 0. The van der Waals surface area contributed by atoms with Crippen molar-refractivity contribution >= 4 is 114 Å². The molecular formula is C116H120N24O10. The Balaban J connectivity index is 0.000000136. The van der Waals surface area contributed by atoms with Crippen LogP contribution in [-0.2, 0) is 44.9 Å². The number of nitrogen functional groups attached to an aromatic ring is 4. The maximum atomic E-state index is 12.7. The van der Waals surface area contributed by atoms with Crippen LogP contribution in [0.1, 0.15) is 176 Å². The van der Waals surface area contributed by atoms with Gasteiger partial charge in [0.15, 0.2) is 45.7 Å². The number of Topliss-reactive ketones (excluding diaryl/α,β-unsaturated/α-hetero) is 4. The number of carbonyl (C=O) groups excluding carboxylic acids is 8. The molecule has 8 aromatic carbocycles. The second-order valence-corrected chi connectivity index (χ2v) is 37.8. The molecule has 0 radical (unpaired) electrons. The molecule has 4 aliphatic rings. The zero-order valence-electron chi connectivity index (χ0n) is 84.5. The second kappa shape index (κ2) is 47.6. The average molecular weight is 2010 g/mol. The number of aromatic nitrogens is 16. The maximum absolute atomic E-state index is 12.7. The maximum Gasteiger partial charge on any atom is 0.246 e. The summed E-state index contributed by atoms with van der Waals surface area (Å²) in [7, 11) is 3.19. The summed E-state index contributed by atoms with van der Waals surface area (Å²) in [5, 5.41) is 22.5. The Labute approximate surface area is 868 Å². The minimum Gasteiger partial charge on any atom is -0.497 e. The first-order chi connectivity index (χ1) is 72.9. The van der Waals surface area contributed by atoms with Crippen LogP contribution >= 0.6 is 0 Å². The summed E-state index contributed by atoms with van der Waals surface area (Å²) in [5.74, 6) is 2.97. The van der Waals surface area contributed by atoms with Gasteiger partial charge < -0.3 is 52.0 Å². The topological polar surface area (TPSA) is 446 Å². The number of benzene rings is 8. The molecule has 12 heterocycles. The van der Waals surface area contributed by atoms with Gasteiger partial charge in [-0.1, -0.05) is 190 Å². The number of fused-ring (bicyclic) bond motifs is 4. The molecule has 8 aromatic heterocycles. The Kier molecular flexibility index (Phi) is 32.9. The fourth-order valence-electron chi connectivity index (χ4n) is 19.9. The van der Waals surface area contributed by atoms with E-state index in [1.807, 2.05) is 190 Å². The number of aryl methyl sites for hydroxylation is 6. The number of rotatable bonds is 30. The number of likely N-dealkylation sites (tertiary alicyclic amines) is 4. The molecule has 20 rings (SSSR count). The summed E-state index contributed by atoms with van der Waals surface area (Å²) in [6, 6.07) is 61.7. The molecule has 8 N–H and O–H groups in total. The number of amides is 4. The quantitative estimate of drug-likeness (QED) is 0.0240. The van der Waals surface area contributed by atoms with Crippen molar-refractivity contribution in [2.75, 3.05) is 89.5 Å². The van der Waals surface area contributed by atoms with Gasteiger partial charge in [-0.2, -0.15) is 20.4 Å². The molecule has 0 aliphatic carbocycles. The Morgan fingerprint density at radius 1 is 0.327 bits per heavy atom. The van der Waals surface area contributed by atoms with Gasteiger partial charge in [0.05, 0.1) is 59.9 Å². The summed E-state index contributed by atoms with van der Waals surface area (Å²) in [6.07, 6.45) is 22.4. The van der Waals surface area contributed by atoms with E-state index in [1.54, 1.807) is 70.2 Å². The number of ketones is 4. The third-order valence-electron chi connectivity index (χ3n) is 28.1. The number of carbonyl (C=O) groups is 8. The first kappa shape index (κ1) is 104. The molecule has 34 nitrogen and oxygen atoms in total. The number of methoxy groups -OCH3 is 2. The summed E-state index contributed by atoms with van der Waals surface area (Å²) < 4.78 is 17.9. The Bertz CT molecular complexity index is 7710. The lowest BCUT2D eigenvalue weighted by atomic mass is 9.98. The van der Waals surface area contributed by atoms with Crippen LogP contribution in [0.25, 0.3) is 89.2 Å². The van der Waals surface area contributed by atoms with Gasteiger partial charge >= 0.3 is 0 Å². The molecule has 150 heavy (non-hydrogen) atoms. The highest BCUT2D eigenvalue weighted by Crippen LogP contribution is 2.41. The van der Waals surface area contributed by atoms with Crippen molar-refractivity contribution < 1.29 is 47.8 Å². The summed E-state index contributed by atoms with van der Waals surface area (Å²) in [4.78, 5) is 141. The molecule has 4 aliphatic heterocycles. The van der Waals surface area contributed by atoms with Crippen molar-refractivity contribution in [3.8, 4) is 56.5 Å². The predicted molar refractivity (Wildman–Crippen MR) is 580 cm³/mol. The highest BCUT2D eigenvalue weighted by molar-refractivity contribution is 6.04. The van der Waals surface area contributed by atoms with Crippen molar-refractivity contribution in [3.63, 3.8) is 0 Å². The molecular weight excluding hydrogens is 1890 g/mol. The molecule has 4 atom stereocenters. The molecule has 16 aromatic rings. The van der Waals surface area contributed by atoms with E-state index in [4.69, 9.17) is 52.8 Å². The molecule has 4 fully saturated rings. The van der Waals surface area contributed by atoms with E-state index in [2.05, 4.69) is 66.2 Å². The highest BCUT2D eigenvalue weighted by atomic mass is 16.5. The van der Waals surface area contributed by atoms with Crippen LogP contribution in [0.5, 0.6) is 11.5 Å². The van der Waals surface area contributed by atoms with Crippen LogP contribution < -0.4 is 32.4 Å². The van der Waals surface area contributed by atoms with Crippen molar-refractivity contribution in [1.82, 2.24) is 98.6 Å². The minimum absolute atomic E-state index is 0.0183. The lowest BCUT2D eigenvalue weighted by molar-refractivity contribution is -0.128. The standard InChI is InChI=1S/2C29H30N6O3.2C29H30N6O2/c1-3-25(37)34-15-5-7-22(17-34)35-29-26(28(30)31-18-32-29)27(33-35)20-12-9-19(10-13-20)11-14-24(36)21-6-4-8-23(16-21)38-2;1-3-25(37)34-16-4-5-22(17-34)35-29-26(28(30)31-18-32-29)27(33-35)21-9-6-19(7-10-21)8-15-24(36)20-11-13-23(38-2)14-12-20;1-3-25(37)34-16-4-5-23(17-34)35-29-26(28(30)31-18-32-29)27(33-35)22-13-8-20(9-14-22)10-15-24(36)21-11-6-19(2)7-12-21;1-3-25(37)34-16-6-8-22(17-34)35-29-26(28(30)31-18-32-29)27(33-35)21-13-10-20(11-14-21)12-15-24(36)23-9-5-4-7-19(23)2/h3-4,6,8-10,12-13,16,18,22H,1,5,7,11,14-15,17H2,2H3,(H2,30,31,32);3,6-7,9-14,18,22H,1,4-5,8,15-17H2,2H3,(H2,30,31,32);3,6-9,11-14,18,23H,1,4-5,10,15-17H2,2H3,(H2,30,31,32);3-5,7,9-11,13-14,18,22H,1,6,8,12,15-17H2,2H3,(H2,30,31,32). The number of nitrogens with two attached hydrogens (primary N) is 4. The van der Waals surface area contributed by atoms with Crippen LogP contribution in [0, 0.1) is 13.8 Å². The van der Waals surface area contributed by atoms with Gasteiger partial charge in [-0.25, -0.2) is 58.6 Å². The Hall–Kier alpha value is -17.7. The van der Waals surface area contributed by atoms with Crippen LogP contribution in [0.3, 0.4) is 0 Å². The molecule has 764 valence electrons. The van der Waals surface area contributed by atoms with Gasteiger partial charge in [-0.3, -0.25) is 38.4 Å². The minimum atomic E-state index is -0.0824. The summed E-state index contributed by atoms with van der Waals surface area (Å²) in [6.45, 7) is 23.4. The molecule has 0 saturated carbocycles. The third-order valence-corrected chi connectivity index (χ3v) is 28.1. The number of piperidine rings is 4. The van der Waals surface area contributed by atoms with E-state index in [0.29, 0.717) is 211 Å². The number of anilines is 4. The van der Waals surface area contributed by atoms with E-state index >= 15 is 0 Å². The monoisotopic (exact) mass is 2010 g/mol. The number of ether oxygens (including phenoxy) is 2. The van der Waals surface area contributed by atoms with Crippen LogP contribution in [0.2, 0.25) is 0 Å². The van der Waals surface area contributed by atoms with Gasteiger partial charge in [0, 0.05) is 123 Å². The van der Waals surface area contributed by atoms with Gasteiger partial charge in [-0.05, 0) is 179 Å². The van der Waals surface area contributed by atoms with E-state index in [1.165, 1.54) is 49.6 Å². The van der Waals surface area contributed by atoms with Gasteiger partial charge in [-0.15, -0.1) is 0 Å². The van der Waals surface area contributed by atoms with Crippen molar-refractivity contribution in [2.24, 2.45) is 0 Å². The van der Waals surface area contributed by atoms with E-state index in [9.17, 15) is 38.4 Å². The molecule has 34 heteroatoms. The van der Waals surface area contributed by atoms with Crippen LogP contribution in [0.4, 0.5) is 23.3 Å². The Morgan fingerprint density at radius 3 is 0.907 bits per heavy atom. The van der Waals surface area contributed by atoms with Crippen molar-refractivity contribution in [3.05, 3.63) is 326 Å². The van der Waals surface area contributed by atoms with E-state index < -0.39 is 0 Å². The molecule has 4 amide bonds. The highest BCUT2D eigenvalue weighted by Gasteiger charge is 2.35. The molecule has 4 saturated heterocycles. The van der Waals surface area contributed by atoms with Gasteiger partial charge in [0.25, 0.3) is 0 Å². The average Bonchev–Trinajstić information content (AvgIpc) is 1.62. The normalized spacial score (nSPS) is 15.5. The largest absolute Gasteiger partial charge is 0.497 e. The third kappa shape index (κ3) is 23.7. The molecule has 4 unspecified atom stereocenters. The SMILES string of the molecule is C=CC(=O)N1CCCC(n2nc(-c3ccc(CCC(=O)c4ccc(C)cc4)cc3)c3c(N)ncnc32)C1.C=CC(=O)N1CCCC(n2nc(-c3ccc(CCC(=O)c4ccc(OC)cc4)cc3)c3c(N)ncnc32)C1.C=CC(=O)N1CCCC(n2nc(-c3ccc(CCC(=O)c4cccc(OC)c4)cc3)c3c(N)ncnc32)C1.C=CC(=O)N1CCCC(n2nc(-c3ccc(CCC(=O)c4ccccc4C)cc3)c3c(N)ncnc32)C1. The molecule has 0 bridgehead atoms. The van der Waals surface area contributed by atoms with Crippen molar-refractivity contribution in [1.29, 1.82) is 0 Å². The fourth-order valence-corrected chi connectivity index (χ4v) is 19.9. The Morgan fingerprint density at radius 2 is 0.613 bits per heavy atom. The van der Waals surface area contributed by atoms with Crippen LogP contribution in [-0.4, -0.2) is 212 Å². The van der Waals surface area contributed by atoms with Gasteiger partial charge in [0.1, 0.15) is 82.9 Å². The van der Waals surface area contributed by atoms with Gasteiger partial charge in [0.2, 0.25) is 23.6 Å². The zero-order valence-corrected chi connectivity index (χ0v) is 84.5. The van der Waals surface area contributed by atoms with Crippen LogP contribution in [0.15, 0.2) is 270 Å². The number of hydrogen-bond donors (Lipinski definition) is 4. The predicted octanol–water partition coefficient (Wildman–Crippen LogP) is 17.6. The molecule has 0 spiro atoms. The smallest absolute Gasteiger partial charge is 0.246 e. The zero-order chi connectivity index (χ0) is 105. The van der Waals surface area contributed by atoms with E-state index in [-0.39, 0.29) is 70.9 Å². The lowest BCUT2D eigenvalue weighted by Gasteiger charge is -2.32. The number of hydrogen-bond acceptors (Lipinski definition) is 26. The first-order valence-electron chi connectivity index (χ1n) is 50.4. The second-order valence-electron chi connectivity index (χ2n) is 37.8. The van der Waals surface area contributed by atoms with E-state index in [0.717, 1.165) is 124 Å². The summed E-state index contributed by atoms with van der Waals surface area (Å²) in [5.41, 5.74) is 43.4. The lowest BCUT2D eigenvalue weighted by Crippen LogP contribution is -2.40. The fraction of sp³-hybridized carbons (Fsp3) is 0.276. The number of nitrogens with zero attached hydrogens (tertiary/aromatic N) is 20.